The molecule has 0 aliphatic heterocycles. The summed E-state index contributed by atoms with van der Waals surface area (Å²) in [4.78, 5) is 25.6. The second-order valence-electron chi connectivity index (χ2n) is 3.43. The highest BCUT2D eigenvalue weighted by Crippen LogP contribution is 2.11. The number of hydrogen-bond donors (Lipinski definition) is 2. The summed E-state index contributed by atoms with van der Waals surface area (Å²) < 4.78 is 1.52. The van der Waals surface area contributed by atoms with Gasteiger partial charge >= 0.3 is 0 Å². The molecule has 0 aliphatic rings. The second kappa shape index (κ2) is 2.60. The van der Waals surface area contributed by atoms with Crippen molar-refractivity contribution in [3.05, 3.63) is 31.8 Å². The van der Waals surface area contributed by atoms with Crippen LogP contribution < -0.4 is 11.1 Å². The number of hydrogen-bond acceptors (Lipinski definition) is 2. The van der Waals surface area contributed by atoms with Gasteiger partial charge in [-0.1, -0.05) is 0 Å². The Morgan fingerprint density at radius 3 is 2.36 bits per heavy atom. The maximum atomic E-state index is 11.5. The van der Waals surface area contributed by atoms with Crippen molar-refractivity contribution in [1.82, 2.24) is 14.8 Å². The van der Waals surface area contributed by atoms with Crippen molar-refractivity contribution in [2.75, 3.05) is 0 Å². The van der Waals surface area contributed by atoms with Crippen LogP contribution in [0.3, 0.4) is 0 Å². The van der Waals surface area contributed by atoms with Crippen molar-refractivity contribution in [3.8, 4) is 0 Å². The van der Waals surface area contributed by atoms with Gasteiger partial charge in [0.2, 0.25) is 0 Å². The van der Waals surface area contributed by atoms with Crippen molar-refractivity contribution in [1.29, 1.82) is 0 Å². The first-order valence-corrected chi connectivity index (χ1v) is 4.30. The molecule has 0 fully saturated rings. The van der Waals surface area contributed by atoms with Crippen LogP contribution in [0.1, 0.15) is 11.1 Å². The smallest absolute Gasteiger partial charge is 0.273 e. The van der Waals surface area contributed by atoms with Crippen LogP contribution in [-0.4, -0.2) is 14.8 Å². The summed E-state index contributed by atoms with van der Waals surface area (Å²) >= 11 is 0. The molecule has 2 heterocycles. The van der Waals surface area contributed by atoms with Gasteiger partial charge in [-0.2, -0.15) is 0 Å². The van der Waals surface area contributed by atoms with Crippen LogP contribution in [0.25, 0.3) is 11.0 Å². The molecule has 5 heteroatoms. The molecular formula is C9H11N3O2. The van der Waals surface area contributed by atoms with Crippen molar-refractivity contribution in [2.24, 2.45) is 7.05 Å². The van der Waals surface area contributed by atoms with Gasteiger partial charge in [0.1, 0.15) is 5.65 Å². The highest BCUT2D eigenvalue weighted by molar-refractivity contribution is 5.78. The lowest BCUT2D eigenvalue weighted by molar-refractivity contribution is 0.772. The summed E-state index contributed by atoms with van der Waals surface area (Å²) in [7, 11) is 1.69. The van der Waals surface area contributed by atoms with E-state index in [1.54, 1.807) is 20.9 Å². The van der Waals surface area contributed by atoms with E-state index < -0.39 is 0 Å². The van der Waals surface area contributed by atoms with E-state index >= 15 is 0 Å². The summed E-state index contributed by atoms with van der Waals surface area (Å²) in [5.74, 6) is 0. The van der Waals surface area contributed by atoms with Crippen LogP contribution in [-0.2, 0) is 7.05 Å². The monoisotopic (exact) mass is 193 g/mol. The van der Waals surface area contributed by atoms with Crippen LogP contribution in [0.2, 0.25) is 0 Å². The topological polar surface area (TPSA) is 70.7 Å². The normalized spacial score (nSPS) is 11.1. The molecule has 0 aromatic carbocycles. The molecule has 0 unspecified atom stereocenters. The van der Waals surface area contributed by atoms with E-state index in [1.807, 2.05) is 0 Å². The zero-order valence-electron chi connectivity index (χ0n) is 8.26. The van der Waals surface area contributed by atoms with Gasteiger partial charge in [-0.3, -0.25) is 19.4 Å². The van der Waals surface area contributed by atoms with Gasteiger partial charge in [-0.15, -0.1) is 0 Å². The van der Waals surface area contributed by atoms with Gasteiger partial charge in [-0.05, 0) is 19.4 Å². The summed E-state index contributed by atoms with van der Waals surface area (Å²) in [6.45, 7) is 3.49. The van der Waals surface area contributed by atoms with Gasteiger partial charge in [0.05, 0.1) is 5.39 Å². The molecule has 2 aromatic rings. The van der Waals surface area contributed by atoms with Crippen LogP contribution in [0.4, 0.5) is 0 Å². The van der Waals surface area contributed by atoms with Crippen molar-refractivity contribution in [2.45, 2.75) is 13.8 Å². The van der Waals surface area contributed by atoms with Crippen molar-refractivity contribution >= 4 is 11.0 Å². The molecule has 0 saturated carbocycles. The molecule has 0 amide bonds. The first-order chi connectivity index (χ1) is 6.52. The Bertz CT molecular complexity index is 615. The molecule has 74 valence electrons. The molecule has 0 aliphatic carbocycles. The van der Waals surface area contributed by atoms with E-state index in [-0.39, 0.29) is 11.1 Å². The molecule has 14 heavy (non-hydrogen) atoms. The first-order valence-electron chi connectivity index (χ1n) is 4.30. The second-order valence-corrected chi connectivity index (χ2v) is 3.43. The van der Waals surface area contributed by atoms with E-state index in [4.69, 9.17) is 0 Å². The van der Waals surface area contributed by atoms with Crippen LogP contribution in [0.15, 0.2) is 9.59 Å². The highest BCUT2D eigenvalue weighted by atomic mass is 16.1. The summed E-state index contributed by atoms with van der Waals surface area (Å²) in [6, 6.07) is 0. The minimum absolute atomic E-state index is 0.149. The minimum atomic E-state index is -0.167. The minimum Gasteiger partial charge on any atom is -0.306 e. The fourth-order valence-corrected chi connectivity index (χ4v) is 1.59. The third-order valence-electron chi connectivity index (χ3n) is 2.58. The molecule has 0 atom stereocenters. The van der Waals surface area contributed by atoms with Crippen LogP contribution in [0.5, 0.6) is 0 Å². The predicted octanol–water partition coefficient (Wildman–Crippen LogP) is 0.172. The van der Waals surface area contributed by atoms with E-state index in [1.165, 1.54) is 4.68 Å². The first kappa shape index (κ1) is 8.80. The maximum Gasteiger partial charge on any atom is 0.273 e. The molecule has 0 bridgehead atoms. The third kappa shape index (κ3) is 0.951. The number of aryl methyl sites for hydroxylation is 2. The number of nitrogens with one attached hydrogen (secondary N) is 2. The molecule has 0 saturated heterocycles. The molecule has 0 radical (unpaired) electrons. The lowest BCUT2D eigenvalue weighted by Crippen LogP contribution is -2.13. The van der Waals surface area contributed by atoms with Gasteiger partial charge in [0.25, 0.3) is 11.1 Å². The molecule has 2 aromatic heterocycles. The summed E-state index contributed by atoms with van der Waals surface area (Å²) in [6.07, 6.45) is 0. The van der Waals surface area contributed by atoms with Crippen molar-refractivity contribution in [3.63, 3.8) is 0 Å². The van der Waals surface area contributed by atoms with E-state index in [0.29, 0.717) is 16.6 Å². The SMILES string of the molecule is Cc1c(C)c2c(=O)[nH]n(C)c2[nH]c1=O. The maximum absolute atomic E-state index is 11.5. The van der Waals surface area contributed by atoms with Crippen LogP contribution in [0, 0.1) is 13.8 Å². The van der Waals surface area contributed by atoms with E-state index in [9.17, 15) is 9.59 Å². The van der Waals surface area contributed by atoms with Crippen molar-refractivity contribution < 1.29 is 0 Å². The fourth-order valence-electron chi connectivity index (χ4n) is 1.59. The Morgan fingerprint density at radius 1 is 1.07 bits per heavy atom. The number of nitrogens with zero attached hydrogens (tertiary/aromatic N) is 1. The number of pyridine rings is 1. The molecule has 2 rings (SSSR count). The Labute approximate surface area is 79.4 Å². The quantitative estimate of drug-likeness (QED) is 0.626. The Hall–Kier alpha value is -1.78. The fraction of sp³-hybridized carbons (Fsp3) is 0.333. The Kier molecular flexibility index (Phi) is 1.64. The van der Waals surface area contributed by atoms with Gasteiger partial charge in [0.15, 0.2) is 0 Å². The Balaban J connectivity index is 3.17. The van der Waals surface area contributed by atoms with Gasteiger partial charge in [-0.25, -0.2) is 0 Å². The highest BCUT2D eigenvalue weighted by Gasteiger charge is 2.11. The molecular weight excluding hydrogens is 182 g/mol. The third-order valence-corrected chi connectivity index (χ3v) is 2.58. The predicted molar refractivity (Wildman–Crippen MR) is 53.6 cm³/mol. The zero-order chi connectivity index (χ0) is 10.5. The lowest BCUT2D eigenvalue weighted by atomic mass is 10.1. The Morgan fingerprint density at radius 2 is 1.71 bits per heavy atom. The van der Waals surface area contributed by atoms with Crippen LogP contribution >= 0.6 is 0 Å². The number of aromatic amines is 2. The number of H-pyrrole nitrogens is 2. The number of fused-ring (bicyclic) bond motifs is 1. The summed E-state index contributed by atoms with van der Waals surface area (Å²) in [5.41, 5.74) is 1.56. The van der Waals surface area contributed by atoms with E-state index in [2.05, 4.69) is 10.1 Å². The molecule has 5 nitrogen and oxygen atoms in total. The molecule has 0 spiro atoms. The lowest BCUT2D eigenvalue weighted by Gasteiger charge is -2.00. The zero-order valence-corrected chi connectivity index (χ0v) is 8.26. The standard InChI is InChI=1S/C9H11N3O2/c1-4-5(2)8(13)10-7-6(4)9(14)11-12(7)3/h1-3H3,(H,10,13)(H,11,14). The van der Waals surface area contributed by atoms with Gasteiger partial charge < -0.3 is 4.98 Å². The summed E-state index contributed by atoms with van der Waals surface area (Å²) in [5, 5.41) is 3.16. The molecule has 2 N–H and O–H groups in total. The average molecular weight is 193 g/mol. The van der Waals surface area contributed by atoms with E-state index in [0.717, 1.165) is 5.56 Å². The number of rotatable bonds is 0. The van der Waals surface area contributed by atoms with Gasteiger partial charge in [0, 0.05) is 12.6 Å². The number of aromatic nitrogens is 3. The largest absolute Gasteiger partial charge is 0.306 e. The average Bonchev–Trinajstić information content (AvgIpc) is 2.38.